The zero-order valence-electron chi connectivity index (χ0n) is 22.0. The van der Waals surface area contributed by atoms with Crippen LogP contribution in [-0.4, -0.2) is 14.0 Å². The van der Waals surface area contributed by atoms with Gasteiger partial charge in [0.15, 0.2) is 0 Å². The number of aromatic nitrogens is 3. The quantitative estimate of drug-likeness (QED) is 0.235. The van der Waals surface area contributed by atoms with Gasteiger partial charge in [0.1, 0.15) is 11.3 Å². The molecule has 0 N–H and O–H groups in total. The number of imidazole rings is 2. The number of hydrogen-bond donors (Lipinski definition) is 0. The summed E-state index contributed by atoms with van der Waals surface area (Å²) in [5, 5.41) is 1.17. The van der Waals surface area contributed by atoms with E-state index in [1.807, 2.05) is 6.07 Å². The van der Waals surface area contributed by atoms with Crippen molar-refractivity contribution in [1.29, 1.82) is 0 Å². The minimum atomic E-state index is 0.925. The van der Waals surface area contributed by atoms with Crippen LogP contribution in [0, 0.1) is 6.92 Å². The lowest BCUT2D eigenvalue weighted by Crippen LogP contribution is -1.97. The summed E-state index contributed by atoms with van der Waals surface area (Å²) in [6, 6.07) is 30.3. The molecule has 0 bridgehead atoms. The number of rotatable bonds is 2. The number of fused-ring (bicyclic) bond motifs is 8. The Kier molecular flexibility index (Phi) is 4.74. The van der Waals surface area contributed by atoms with E-state index in [-0.39, 0.29) is 0 Å². The fraction of sp³-hybridized carbons (Fsp3) is 0.114. The van der Waals surface area contributed by atoms with E-state index in [0.29, 0.717) is 0 Å². The maximum absolute atomic E-state index is 6.30. The molecule has 4 nitrogen and oxygen atoms in total. The first-order valence-corrected chi connectivity index (χ1v) is 13.5. The van der Waals surface area contributed by atoms with E-state index in [1.54, 1.807) is 0 Å². The van der Waals surface area contributed by atoms with Gasteiger partial charge in [0.05, 0.1) is 27.8 Å². The van der Waals surface area contributed by atoms with Gasteiger partial charge in [0.2, 0.25) is 5.78 Å². The molecule has 4 aromatic carbocycles. The zero-order chi connectivity index (χ0) is 26.1. The molecule has 0 spiro atoms. The number of aryl methyl sites for hydroxylation is 2. The van der Waals surface area contributed by atoms with Gasteiger partial charge in [0.25, 0.3) is 0 Å². The molecule has 0 radical (unpaired) electrons. The second kappa shape index (κ2) is 8.34. The summed E-state index contributed by atoms with van der Waals surface area (Å²) < 4.78 is 10.9. The molecular formula is C35H27N3O. The molecule has 0 saturated carbocycles. The third kappa shape index (κ3) is 3.41. The normalized spacial score (nSPS) is 13.7. The Balaban J connectivity index is 1.34. The molecule has 7 aromatic rings. The predicted molar refractivity (Wildman–Crippen MR) is 161 cm³/mol. The van der Waals surface area contributed by atoms with Crippen molar-refractivity contribution in [2.24, 2.45) is 0 Å². The first-order valence-electron chi connectivity index (χ1n) is 13.5. The summed E-state index contributed by atoms with van der Waals surface area (Å²) in [6.07, 6.45) is 8.50. The van der Waals surface area contributed by atoms with Gasteiger partial charge in [-0.2, -0.15) is 0 Å². The number of benzene rings is 4. The van der Waals surface area contributed by atoms with Crippen molar-refractivity contribution in [2.75, 3.05) is 0 Å². The van der Waals surface area contributed by atoms with Crippen molar-refractivity contribution < 1.29 is 4.42 Å². The lowest BCUT2D eigenvalue weighted by molar-refractivity contribution is 0.545. The van der Waals surface area contributed by atoms with Gasteiger partial charge in [-0.3, -0.25) is 8.97 Å². The standard InChI is InChI=1S/C35H27N3O/c1-22-8-7-9-27-28-21-24(15-17-34(28)39-33(27)16-14-22)25-18-23(2)19-26(20-25)37-31-12-5-6-13-32(31)38-30-11-4-3-10-29(30)36-35(37)38/h3-13,15,17-21H,14,16H2,1-2H3. The van der Waals surface area contributed by atoms with Crippen LogP contribution in [0.1, 0.15) is 30.2 Å². The molecule has 0 fully saturated rings. The molecule has 3 aromatic heterocycles. The third-order valence-corrected chi connectivity index (χ3v) is 7.95. The second-order valence-electron chi connectivity index (χ2n) is 10.6. The van der Waals surface area contributed by atoms with Crippen LogP contribution in [0.2, 0.25) is 0 Å². The van der Waals surface area contributed by atoms with E-state index in [0.717, 1.165) is 57.7 Å². The van der Waals surface area contributed by atoms with Crippen LogP contribution in [0.25, 0.3) is 61.7 Å². The number of furan rings is 1. The largest absolute Gasteiger partial charge is 0.460 e. The molecule has 4 heteroatoms. The fourth-order valence-corrected chi connectivity index (χ4v) is 6.08. The Morgan fingerprint density at radius 1 is 0.769 bits per heavy atom. The summed E-state index contributed by atoms with van der Waals surface area (Å²) in [5.41, 5.74) is 12.6. The summed E-state index contributed by atoms with van der Waals surface area (Å²) in [6.45, 7) is 4.35. The average molecular weight is 506 g/mol. The zero-order valence-corrected chi connectivity index (χ0v) is 22.0. The second-order valence-corrected chi connectivity index (χ2v) is 10.6. The van der Waals surface area contributed by atoms with Crippen molar-refractivity contribution in [3.8, 4) is 16.8 Å². The third-order valence-electron chi connectivity index (χ3n) is 7.95. The van der Waals surface area contributed by atoms with E-state index in [4.69, 9.17) is 9.40 Å². The maximum Gasteiger partial charge on any atom is 0.220 e. The van der Waals surface area contributed by atoms with Crippen LogP contribution in [-0.2, 0) is 6.42 Å². The highest BCUT2D eigenvalue weighted by atomic mass is 16.3. The highest BCUT2D eigenvalue weighted by Gasteiger charge is 2.18. The van der Waals surface area contributed by atoms with Crippen molar-refractivity contribution >= 4 is 44.9 Å². The summed E-state index contributed by atoms with van der Waals surface area (Å²) in [4.78, 5) is 5.07. The van der Waals surface area contributed by atoms with Gasteiger partial charge in [-0.15, -0.1) is 0 Å². The molecule has 188 valence electrons. The van der Waals surface area contributed by atoms with Crippen LogP contribution >= 0.6 is 0 Å². The Labute approximate surface area is 226 Å². The predicted octanol–water partition coefficient (Wildman–Crippen LogP) is 9.06. The van der Waals surface area contributed by atoms with Crippen molar-refractivity contribution in [3.63, 3.8) is 0 Å². The molecule has 1 aliphatic carbocycles. The van der Waals surface area contributed by atoms with Crippen LogP contribution in [0.5, 0.6) is 0 Å². The van der Waals surface area contributed by atoms with E-state index in [9.17, 15) is 0 Å². The Bertz CT molecular complexity index is 2150. The molecule has 0 unspecified atom stereocenters. The number of hydrogen-bond acceptors (Lipinski definition) is 2. The first kappa shape index (κ1) is 22.2. The number of allylic oxidation sites excluding steroid dienone is 3. The van der Waals surface area contributed by atoms with Crippen LogP contribution in [0.15, 0.2) is 107 Å². The molecule has 3 heterocycles. The van der Waals surface area contributed by atoms with Gasteiger partial charge in [0, 0.05) is 17.4 Å². The van der Waals surface area contributed by atoms with Crippen LogP contribution < -0.4 is 0 Å². The lowest BCUT2D eigenvalue weighted by atomic mass is 9.98. The van der Waals surface area contributed by atoms with Crippen molar-refractivity contribution in [1.82, 2.24) is 14.0 Å². The minimum absolute atomic E-state index is 0.925. The van der Waals surface area contributed by atoms with Gasteiger partial charge >= 0.3 is 0 Å². The first-order chi connectivity index (χ1) is 19.1. The van der Waals surface area contributed by atoms with Gasteiger partial charge < -0.3 is 4.42 Å². The highest BCUT2D eigenvalue weighted by molar-refractivity contribution is 5.94. The molecule has 0 atom stereocenters. The molecule has 39 heavy (non-hydrogen) atoms. The van der Waals surface area contributed by atoms with E-state index < -0.39 is 0 Å². The van der Waals surface area contributed by atoms with Gasteiger partial charge in [-0.1, -0.05) is 60.2 Å². The van der Waals surface area contributed by atoms with E-state index >= 15 is 0 Å². The van der Waals surface area contributed by atoms with Gasteiger partial charge in [-0.05, 0) is 85.5 Å². The Morgan fingerprint density at radius 2 is 1.59 bits per heavy atom. The number of nitrogens with zero attached hydrogens (tertiary/aromatic N) is 3. The SMILES string of the molecule is CC1=CC=Cc2c(oc3ccc(-c4cc(C)cc(-n5c6ccccc6n6c7ccccc7nc56)c4)cc23)CC1. The Morgan fingerprint density at radius 3 is 2.49 bits per heavy atom. The summed E-state index contributed by atoms with van der Waals surface area (Å²) in [5.74, 6) is 2.00. The van der Waals surface area contributed by atoms with Crippen LogP contribution in [0.3, 0.4) is 0 Å². The highest BCUT2D eigenvalue weighted by Crippen LogP contribution is 2.36. The average Bonchev–Trinajstić information content (AvgIpc) is 3.58. The monoisotopic (exact) mass is 505 g/mol. The summed E-state index contributed by atoms with van der Waals surface area (Å²) in [7, 11) is 0. The topological polar surface area (TPSA) is 35.4 Å². The fourth-order valence-electron chi connectivity index (χ4n) is 6.08. The summed E-state index contributed by atoms with van der Waals surface area (Å²) >= 11 is 0. The van der Waals surface area contributed by atoms with Crippen molar-refractivity contribution in [3.05, 3.63) is 120 Å². The Hall–Kier alpha value is -4.83. The minimum Gasteiger partial charge on any atom is -0.460 e. The molecular weight excluding hydrogens is 478 g/mol. The molecule has 8 rings (SSSR count). The molecule has 1 aliphatic rings. The van der Waals surface area contributed by atoms with Crippen molar-refractivity contribution in [2.45, 2.75) is 26.7 Å². The van der Waals surface area contributed by atoms with E-state index in [1.165, 1.54) is 33.2 Å². The molecule has 0 saturated heterocycles. The lowest BCUT2D eigenvalue weighted by Gasteiger charge is -2.11. The van der Waals surface area contributed by atoms with E-state index in [2.05, 4.69) is 120 Å². The smallest absolute Gasteiger partial charge is 0.220 e. The number of para-hydroxylation sites is 4. The molecule has 0 aliphatic heterocycles. The maximum atomic E-state index is 6.30. The van der Waals surface area contributed by atoms with Gasteiger partial charge in [-0.25, -0.2) is 4.98 Å². The van der Waals surface area contributed by atoms with Crippen LogP contribution in [0.4, 0.5) is 0 Å². The molecule has 0 amide bonds.